The third kappa shape index (κ3) is 6.24. The summed E-state index contributed by atoms with van der Waals surface area (Å²) < 4.78 is 37.7. The molecule has 3 aromatic carbocycles. The van der Waals surface area contributed by atoms with Gasteiger partial charge < -0.3 is 9.64 Å². The normalized spacial score (nSPS) is 15.3. The van der Waals surface area contributed by atoms with Crippen molar-refractivity contribution in [2.24, 2.45) is 7.05 Å². The van der Waals surface area contributed by atoms with Gasteiger partial charge in [-0.05, 0) is 61.7 Å². The van der Waals surface area contributed by atoms with E-state index in [1.165, 1.54) is 9.36 Å². The number of nitrogens with zero attached hydrogens (tertiary/aromatic N) is 5. The van der Waals surface area contributed by atoms with Crippen LogP contribution in [0.3, 0.4) is 0 Å². The third-order valence-corrected chi connectivity index (χ3v) is 10.4. The molecule has 1 aromatic heterocycles. The van der Waals surface area contributed by atoms with E-state index in [1.807, 2.05) is 24.3 Å². The molecule has 0 N–H and O–H groups in total. The number of carbonyl (C=O) groups excluding carboxylic acids is 1. The summed E-state index contributed by atoms with van der Waals surface area (Å²) in [7, 11) is -1.53. The highest BCUT2D eigenvalue weighted by molar-refractivity contribution is 7.92. The Hall–Kier alpha value is -4.62. The fraction of sp³-hybridized carbons (Fsp3) is 0.312. The lowest BCUT2D eigenvalue weighted by Gasteiger charge is -2.33. The van der Waals surface area contributed by atoms with E-state index in [4.69, 9.17) is 16.3 Å². The molecule has 1 atom stereocenters. The molecule has 14 heteroatoms. The maximum Gasteiger partial charge on any atom is 0.296 e. The molecular formula is C32H34ClN5O7S. The van der Waals surface area contributed by atoms with Crippen LogP contribution in [-0.2, 0) is 21.9 Å². The zero-order valence-electron chi connectivity index (χ0n) is 25.6. The second-order valence-electron chi connectivity index (χ2n) is 11.0. The average Bonchev–Trinajstić information content (AvgIpc) is 3.19. The molecule has 5 rings (SSSR count). The summed E-state index contributed by atoms with van der Waals surface area (Å²) in [6.07, 6.45) is 3.15. The number of amides is 1. The van der Waals surface area contributed by atoms with Gasteiger partial charge in [-0.25, -0.2) is 17.4 Å². The van der Waals surface area contributed by atoms with Gasteiger partial charge >= 0.3 is 0 Å². The highest BCUT2D eigenvalue weighted by atomic mass is 35.5. The number of para-hydroxylation sites is 1. The van der Waals surface area contributed by atoms with Gasteiger partial charge in [-0.3, -0.25) is 24.4 Å². The van der Waals surface area contributed by atoms with Crippen LogP contribution in [0.25, 0.3) is 5.69 Å². The number of hydrogen-bond donors (Lipinski definition) is 0. The molecule has 1 saturated heterocycles. The van der Waals surface area contributed by atoms with Gasteiger partial charge in [-0.15, -0.1) is 0 Å². The zero-order valence-corrected chi connectivity index (χ0v) is 27.2. The molecule has 1 amide bonds. The summed E-state index contributed by atoms with van der Waals surface area (Å²) in [6.45, 7) is 1.26. The molecule has 0 saturated carbocycles. The topological polar surface area (TPSA) is 137 Å². The molecule has 1 aliphatic rings. The SMILES string of the molecule is COc1ccc(C2CCCCCN2C(=O)CN(c2c(C)n(C)n(-c3ccccc3)c2=O)S(=O)(=O)c2ccc(Cl)c([N+](=O)[O-])c2)cc1. The van der Waals surface area contributed by atoms with Crippen LogP contribution in [0.5, 0.6) is 5.75 Å². The standard InChI is InChI=1S/C32H34ClN5O7S/c1-22-31(32(40)37(34(22)2)24-10-6-4-7-11-24)36(46(43,44)26-17-18-27(33)29(20-26)38(41)42)21-30(39)35-19-9-5-8-12-28(35)23-13-15-25(45-3)16-14-23/h4,6-7,10-11,13-18,20,28H,5,8-9,12,19,21H2,1-3H3. The van der Waals surface area contributed by atoms with Crippen LogP contribution in [-0.4, -0.2) is 53.7 Å². The van der Waals surface area contributed by atoms with Crippen molar-refractivity contribution in [2.45, 2.75) is 43.5 Å². The molecule has 1 unspecified atom stereocenters. The number of likely N-dealkylation sites (tertiary alicyclic amines) is 1. The van der Waals surface area contributed by atoms with Crippen LogP contribution in [0.4, 0.5) is 11.4 Å². The van der Waals surface area contributed by atoms with E-state index in [0.29, 0.717) is 24.4 Å². The highest BCUT2D eigenvalue weighted by Gasteiger charge is 2.37. The molecule has 1 aliphatic heterocycles. The number of aromatic nitrogens is 2. The number of halogens is 1. The summed E-state index contributed by atoms with van der Waals surface area (Å²) in [4.78, 5) is 40.4. The zero-order chi connectivity index (χ0) is 33.2. The first-order valence-electron chi connectivity index (χ1n) is 14.7. The smallest absolute Gasteiger partial charge is 0.296 e. The summed E-state index contributed by atoms with van der Waals surface area (Å²) in [5.41, 5.74) is 0.105. The lowest BCUT2D eigenvalue weighted by Crippen LogP contribution is -2.46. The predicted molar refractivity (Wildman–Crippen MR) is 174 cm³/mol. The van der Waals surface area contributed by atoms with E-state index in [0.717, 1.165) is 47.3 Å². The molecule has 0 bridgehead atoms. The van der Waals surface area contributed by atoms with Crippen molar-refractivity contribution in [3.63, 3.8) is 0 Å². The third-order valence-electron chi connectivity index (χ3n) is 8.33. The van der Waals surface area contributed by atoms with Gasteiger partial charge in [0.1, 0.15) is 23.0 Å². The Bertz CT molecular complexity index is 1920. The van der Waals surface area contributed by atoms with Crippen LogP contribution < -0.4 is 14.6 Å². The number of benzene rings is 3. The first-order valence-corrected chi connectivity index (χ1v) is 16.5. The van der Waals surface area contributed by atoms with Gasteiger partial charge in [0.15, 0.2) is 0 Å². The van der Waals surface area contributed by atoms with Crippen LogP contribution in [0.15, 0.2) is 82.5 Å². The van der Waals surface area contributed by atoms with Crippen molar-refractivity contribution >= 4 is 38.9 Å². The number of nitro groups is 1. The fourth-order valence-electron chi connectivity index (χ4n) is 5.84. The molecular weight excluding hydrogens is 634 g/mol. The lowest BCUT2D eigenvalue weighted by molar-refractivity contribution is -0.384. The van der Waals surface area contributed by atoms with Crippen LogP contribution in [0.1, 0.15) is 43.0 Å². The quantitative estimate of drug-likeness (QED) is 0.172. The molecule has 0 aliphatic carbocycles. The van der Waals surface area contributed by atoms with E-state index in [2.05, 4.69) is 0 Å². The lowest BCUT2D eigenvalue weighted by atomic mass is 10.0. The van der Waals surface area contributed by atoms with Gasteiger partial charge in [0.25, 0.3) is 21.3 Å². The minimum Gasteiger partial charge on any atom is -0.497 e. The van der Waals surface area contributed by atoms with Crippen molar-refractivity contribution in [3.8, 4) is 11.4 Å². The van der Waals surface area contributed by atoms with Gasteiger partial charge in [-0.2, -0.15) is 0 Å². The molecule has 1 fully saturated rings. The van der Waals surface area contributed by atoms with E-state index in [-0.39, 0.29) is 22.4 Å². The molecule has 2 heterocycles. The van der Waals surface area contributed by atoms with Gasteiger partial charge in [0.2, 0.25) is 5.91 Å². The second-order valence-corrected chi connectivity index (χ2v) is 13.3. The largest absolute Gasteiger partial charge is 0.497 e. The summed E-state index contributed by atoms with van der Waals surface area (Å²) >= 11 is 6.00. The Kier molecular flexibility index (Phi) is 9.54. The number of rotatable bonds is 9. The van der Waals surface area contributed by atoms with E-state index in [1.54, 1.807) is 56.3 Å². The monoisotopic (exact) mass is 667 g/mol. The molecule has 242 valence electrons. The predicted octanol–water partition coefficient (Wildman–Crippen LogP) is 5.39. The van der Waals surface area contributed by atoms with Crippen molar-refractivity contribution in [3.05, 3.63) is 110 Å². The van der Waals surface area contributed by atoms with E-state index < -0.39 is 43.5 Å². The number of nitro benzene ring substituents is 1. The van der Waals surface area contributed by atoms with Crippen molar-refractivity contribution in [1.29, 1.82) is 0 Å². The van der Waals surface area contributed by atoms with Crippen LogP contribution in [0.2, 0.25) is 5.02 Å². The number of ether oxygens (including phenoxy) is 1. The first kappa shape index (κ1) is 32.8. The summed E-state index contributed by atoms with van der Waals surface area (Å²) in [5, 5.41) is 11.4. The Morgan fingerprint density at radius 1 is 1.07 bits per heavy atom. The van der Waals surface area contributed by atoms with E-state index in [9.17, 15) is 28.1 Å². The molecule has 4 aromatic rings. The number of sulfonamides is 1. The first-order chi connectivity index (χ1) is 21.9. The maximum absolute atomic E-state index is 14.4. The Morgan fingerprint density at radius 3 is 2.41 bits per heavy atom. The van der Waals surface area contributed by atoms with Gasteiger partial charge in [-0.1, -0.05) is 54.8 Å². The molecule has 0 radical (unpaired) electrons. The summed E-state index contributed by atoms with van der Waals surface area (Å²) in [5.74, 6) is 0.155. The Balaban J connectivity index is 1.64. The van der Waals surface area contributed by atoms with Crippen LogP contribution >= 0.6 is 11.6 Å². The van der Waals surface area contributed by atoms with Crippen molar-refractivity contribution < 1.29 is 22.9 Å². The molecule has 0 spiro atoms. The second kappa shape index (κ2) is 13.4. The van der Waals surface area contributed by atoms with E-state index >= 15 is 0 Å². The Morgan fingerprint density at radius 2 is 1.76 bits per heavy atom. The van der Waals surface area contributed by atoms with Gasteiger partial charge in [0.05, 0.1) is 34.4 Å². The Labute approximate surface area is 271 Å². The number of hydrogen-bond acceptors (Lipinski definition) is 7. The van der Waals surface area contributed by atoms with Crippen molar-refractivity contribution in [2.75, 3.05) is 24.5 Å². The highest BCUT2D eigenvalue weighted by Crippen LogP contribution is 2.34. The molecule has 46 heavy (non-hydrogen) atoms. The minimum atomic E-state index is -4.71. The molecule has 12 nitrogen and oxygen atoms in total. The van der Waals surface area contributed by atoms with Crippen molar-refractivity contribution in [1.82, 2.24) is 14.3 Å². The van der Waals surface area contributed by atoms with Gasteiger partial charge in [0, 0.05) is 19.7 Å². The fourth-order valence-corrected chi connectivity index (χ4v) is 7.51. The van der Waals surface area contributed by atoms with Crippen LogP contribution in [0, 0.1) is 17.0 Å². The summed E-state index contributed by atoms with van der Waals surface area (Å²) in [6, 6.07) is 18.8. The number of anilines is 1. The number of methoxy groups -OCH3 is 1. The minimum absolute atomic E-state index is 0.242. The maximum atomic E-state index is 14.4. The number of carbonyl (C=O) groups is 1. The average molecular weight is 668 g/mol.